The third-order valence-corrected chi connectivity index (χ3v) is 3.81. The van der Waals surface area contributed by atoms with Gasteiger partial charge >= 0.3 is 6.03 Å². The number of urea groups is 1. The van der Waals surface area contributed by atoms with Gasteiger partial charge in [0.2, 0.25) is 0 Å². The fourth-order valence-corrected chi connectivity index (χ4v) is 2.54. The van der Waals surface area contributed by atoms with Crippen molar-refractivity contribution in [3.05, 3.63) is 42.5 Å². The first-order valence-electron chi connectivity index (χ1n) is 7.24. The molecule has 1 aromatic heterocycles. The van der Waals surface area contributed by atoms with E-state index in [4.69, 9.17) is 0 Å². The van der Waals surface area contributed by atoms with Crippen LogP contribution < -0.4 is 5.32 Å². The highest BCUT2D eigenvalue weighted by Gasteiger charge is 2.19. The largest absolute Gasteiger partial charge is 0.331 e. The van der Waals surface area contributed by atoms with Gasteiger partial charge in [0.15, 0.2) is 0 Å². The molecule has 0 aliphatic carbocycles. The van der Waals surface area contributed by atoms with E-state index in [1.54, 1.807) is 11.0 Å². The zero-order valence-corrected chi connectivity index (χ0v) is 12.1. The number of aromatic nitrogens is 3. The molecule has 6 nitrogen and oxygen atoms in total. The summed E-state index contributed by atoms with van der Waals surface area (Å²) >= 11 is 0. The van der Waals surface area contributed by atoms with E-state index in [0.29, 0.717) is 0 Å². The van der Waals surface area contributed by atoms with Crippen LogP contribution in [0.2, 0.25) is 0 Å². The molecule has 2 heterocycles. The number of hydrogen-bond donors (Lipinski definition) is 1. The fraction of sp³-hybridized carbons (Fsp3) is 0.400. The van der Waals surface area contributed by atoms with Gasteiger partial charge in [-0.1, -0.05) is 12.1 Å². The summed E-state index contributed by atoms with van der Waals surface area (Å²) in [4.78, 5) is 17.9. The summed E-state index contributed by atoms with van der Waals surface area (Å²) in [5.41, 5.74) is 2.03. The first-order chi connectivity index (χ1) is 10.2. The molecule has 0 bridgehead atoms. The standard InChI is InChI=1S/C15H19N5O/c1-12(18-15(21)19-8-2-3-9-19)13-4-6-14(7-5-13)20-11-16-10-17-20/h4-7,10-12H,2-3,8-9H2,1H3,(H,18,21). The molecule has 1 aromatic carbocycles. The topological polar surface area (TPSA) is 63.1 Å². The van der Waals surface area contributed by atoms with Gasteiger partial charge in [-0.05, 0) is 37.5 Å². The summed E-state index contributed by atoms with van der Waals surface area (Å²) in [6.07, 6.45) is 5.38. The molecule has 110 valence electrons. The number of likely N-dealkylation sites (tertiary alicyclic amines) is 1. The summed E-state index contributed by atoms with van der Waals surface area (Å²) in [7, 11) is 0. The summed E-state index contributed by atoms with van der Waals surface area (Å²) in [6.45, 7) is 3.73. The van der Waals surface area contributed by atoms with Crippen molar-refractivity contribution in [2.75, 3.05) is 13.1 Å². The molecule has 2 amide bonds. The van der Waals surface area contributed by atoms with Crippen molar-refractivity contribution in [3.8, 4) is 5.69 Å². The van der Waals surface area contributed by atoms with Crippen molar-refractivity contribution >= 4 is 6.03 Å². The van der Waals surface area contributed by atoms with Crippen LogP contribution in [0.25, 0.3) is 5.69 Å². The van der Waals surface area contributed by atoms with E-state index >= 15 is 0 Å². The van der Waals surface area contributed by atoms with E-state index in [2.05, 4.69) is 15.4 Å². The third kappa shape index (κ3) is 3.04. The average Bonchev–Trinajstić information content (AvgIpc) is 3.20. The van der Waals surface area contributed by atoms with Crippen LogP contribution in [0.1, 0.15) is 31.4 Å². The number of hydrogen-bond acceptors (Lipinski definition) is 3. The van der Waals surface area contributed by atoms with Gasteiger partial charge in [0, 0.05) is 13.1 Å². The predicted octanol–water partition coefficient (Wildman–Crippen LogP) is 2.13. The van der Waals surface area contributed by atoms with Gasteiger partial charge in [-0.15, -0.1) is 0 Å². The lowest BCUT2D eigenvalue weighted by molar-refractivity contribution is 0.205. The van der Waals surface area contributed by atoms with Gasteiger partial charge in [-0.3, -0.25) is 0 Å². The molecule has 1 saturated heterocycles. The Kier molecular flexibility index (Phi) is 3.85. The maximum Gasteiger partial charge on any atom is 0.317 e. The summed E-state index contributed by atoms with van der Waals surface area (Å²) in [5.74, 6) is 0. The predicted molar refractivity (Wildman–Crippen MR) is 79.1 cm³/mol. The monoisotopic (exact) mass is 285 g/mol. The van der Waals surface area contributed by atoms with Crippen molar-refractivity contribution in [2.24, 2.45) is 0 Å². The number of carbonyl (C=O) groups is 1. The van der Waals surface area contributed by atoms with Crippen LogP contribution >= 0.6 is 0 Å². The fourth-order valence-electron chi connectivity index (χ4n) is 2.54. The highest BCUT2D eigenvalue weighted by molar-refractivity contribution is 5.74. The minimum absolute atomic E-state index is 0.0112. The van der Waals surface area contributed by atoms with Crippen molar-refractivity contribution in [3.63, 3.8) is 0 Å². The van der Waals surface area contributed by atoms with Gasteiger partial charge in [0.1, 0.15) is 12.7 Å². The van der Waals surface area contributed by atoms with E-state index < -0.39 is 0 Å². The molecule has 1 unspecified atom stereocenters. The van der Waals surface area contributed by atoms with Crippen molar-refractivity contribution < 1.29 is 4.79 Å². The van der Waals surface area contributed by atoms with Crippen LogP contribution in [-0.2, 0) is 0 Å². The van der Waals surface area contributed by atoms with Crippen LogP contribution in [0.5, 0.6) is 0 Å². The smallest absolute Gasteiger partial charge is 0.317 e. The zero-order valence-electron chi connectivity index (χ0n) is 12.1. The van der Waals surface area contributed by atoms with Crippen LogP contribution in [-0.4, -0.2) is 38.8 Å². The van der Waals surface area contributed by atoms with Crippen LogP contribution in [0.15, 0.2) is 36.9 Å². The van der Waals surface area contributed by atoms with E-state index in [1.165, 1.54) is 6.33 Å². The number of benzene rings is 1. The molecule has 1 aliphatic heterocycles. The Bertz CT molecular complexity index is 587. The van der Waals surface area contributed by atoms with Crippen molar-refractivity contribution in [1.82, 2.24) is 25.0 Å². The zero-order chi connectivity index (χ0) is 14.7. The molecule has 0 radical (unpaired) electrons. The number of nitrogens with zero attached hydrogens (tertiary/aromatic N) is 4. The Morgan fingerprint density at radius 2 is 1.95 bits per heavy atom. The maximum atomic E-state index is 12.1. The maximum absolute atomic E-state index is 12.1. The van der Waals surface area contributed by atoms with Gasteiger partial charge in [0.05, 0.1) is 11.7 Å². The highest BCUT2D eigenvalue weighted by atomic mass is 16.2. The van der Waals surface area contributed by atoms with Gasteiger partial charge in [-0.25, -0.2) is 14.5 Å². The van der Waals surface area contributed by atoms with E-state index in [-0.39, 0.29) is 12.1 Å². The second-order valence-corrected chi connectivity index (χ2v) is 5.30. The Morgan fingerprint density at radius 1 is 1.24 bits per heavy atom. The van der Waals surface area contributed by atoms with Crippen molar-refractivity contribution in [1.29, 1.82) is 0 Å². The van der Waals surface area contributed by atoms with Gasteiger partial charge in [-0.2, -0.15) is 5.10 Å². The second-order valence-electron chi connectivity index (χ2n) is 5.30. The van der Waals surface area contributed by atoms with Crippen molar-refractivity contribution in [2.45, 2.75) is 25.8 Å². The molecular formula is C15H19N5O. The number of amides is 2. The quantitative estimate of drug-likeness (QED) is 0.939. The van der Waals surface area contributed by atoms with E-state index in [0.717, 1.165) is 37.2 Å². The molecular weight excluding hydrogens is 266 g/mol. The SMILES string of the molecule is CC(NC(=O)N1CCCC1)c1ccc(-n2cncn2)cc1. The molecule has 1 aliphatic rings. The third-order valence-electron chi connectivity index (χ3n) is 3.81. The molecule has 2 aromatic rings. The average molecular weight is 285 g/mol. The number of rotatable bonds is 3. The van der Waals surface area contributed by atoms with E-state index in [1.807, 2.05) is 36.1 Å². The first kappa shape index (κ1) is 13.6. The normalized spacial score (nSPS) is 16.0. The molecule has 1 N–H and O–H groups in total. The van der Waals surface area contributed by atoms with Crippen LogP contribution in [0, 0.1) is 0 Å². The van der Waals surface area contributed by atoms with E-state index in [9.17, 15) is 4.79 Å². The summed E-state index contributed by atoms with van der Waals surface area (Å²) in [5, 5.41) is 7.14. The number of nitrogens with one attached hydrogen (secondary N) is 1. The minimum Gasteiger partial charge on any atom is -0.331 e. The number of carbonyl (C=O) groups excluding carboxylic acids is 1. The molecule has 21 heavy (non-hydrogen) atoms. The Labute approximate surface area is 123 Å². The molecule has 0 spiro atoms. The second kappa shape index (κ2) is 5.95. The minimum atomic E-state index is -0.0112. The molecule has 1 fully saturated rings. The first-order valence-corrected chi connectivity index (χ1v) is 7.24. The van der Waals surface area contributed by atoms with Gasteiger partial charge in [0.25, 0.3) is 0 Å². The summed E-state index contributed by atoms with van der Waals surface area (Å²) < 4.78 is 1.71. The molecule has 3 rings (SSSR count). The van der Waals surface area contributed by atoms with Crippen LogP contribution in [0.3, 0.4) is 0 Å². The van der Waals surface area contributed by atoms with Gasteiger partial charge < -0.3 is 10.2 Å². The Hall–Kier alpha value is -2.37. The lowest BCUT2D eigenvalue weighted by atomic mass is 10.1. The molecule has 6 heteroatoms. The van der Waals surface area contributed by atoms with Crippen LogP contribution in [0.4, 0.5) is 4.79 Å². The summed E-state index contributed by atoms with van der Waals surface area (Å²) in [6, 6.07) is 7.98. The molecule has 1 atom stereocenters. The lowest BCUT2D eigenvalue weighted by Gasteiger charge is -2.20. The Morgan fingerprint density at radius 3 is 2.57 bits per heavy atom. The highest BCUT2D eigenvalue weighted by Crippen LogP contribution is 2.16. The molecule has 0 saturated carbocycles. The Balaban J connectivity index is 1.64. The lowest BCUT2D eigenvalue weighted by Crippen LogP contribution is -2.39.